The second-order valence-electron chi connectivity index (χ2n) is 8.00. The third-order valence-corrected chi connectivity index (χ3v) is 6.19. The number of rotatable bonds is 3. The maximum absolute atomic E-state index is 13.8. The van der Waals surface area contributed by atoms with Crippen LogP contribution < -0.4 is 5.32 Å². The minimum absolute atomic E-state index is 0.108. The van der Waals surface area contributed by atoms with E-state index in [9.17, 15) is 9.18 Å². The lowest BCUT2D eigenvalue weighted by atomic mass is 9.91. The third kappa shape index (κ3) is 3.32. The minimum Gasteiger partial charge on any atom is -0.339 e. The van der Waals surface area contributed by atoms with Crippen LogP contribution in [0.25, 0.3) is 11.4 Å². The Morgan fingerprint density at radius 1 is 1.20 bits per heavy atom. The van der Waals surface area contributed by atoms with Crippen molar-refractivity contribution in [2.45, 2.75) is 50.6 Å². The van der Waals surface area contributed by atoms with E-state index < -0.39 is 0 Å². The topological polar surface area (TPSA) is 84.2 Å². The van der Waals surface area contributed by atoms with Gasteiger partial charge in [-0.3, -0.25) is 4.98 Å². The number of nitrogens with one attached hydrogen (secondary N) is 1. The number of carbonyl (C=O) groups excluding carboxylic acids is 1. The molecule has 2 aliphatic heterocycles. The quantitative estimate of drug-likeness (QED) is 0.690. The van der Waals surface area contributed by atoms with Gasteiger partial charge in [-0.25, -0.2) is 9.18 Å². The minimum atomic E-state index is -0.324. The number of carbonyl (C=O) groups is 1. The Morgan fingerprint density at radius 2 is 2.00 bits per heavy atom. The van der Waals surface area contributed by atoms with Gasteiger partial charge in [0.05, 0.1) is 0 Å². The van der Waals surface area contributed by atoms with E-state index >= 15 is 0 Å². The van der Waals surface area contributed by atoms with Gasteiger partial charge in [0.15, 0.2) is 0 Å². The Morgan fingerprint density at radius 3 is 2.73 bits per heavy atom. The fourth-order valence-electron chi connectivity index (χ4n) is 4.65. The van der Waals surface area contributed by atoms with Crippen LogP contribution in [-0.4, -0.2) is 38.1 Å². The molecule has 3 atom stereocenters. The summed E-state index contributed by atoms with van der Waals surface area (Å²) in [4.78, 5) is 23.6. The number of fused-ring (bicyclic) bond motifs is 2. The lowest BCUT2D eigenvalue weighted by molar-refractivity contribution is 0.140. The lowest BCUT2D eigenvalue weighted by Crippen LogP contribution is -2.48. The number of halogens is 1. The Labute approximate surface area is 173 Å². The molecular weight excluding hydrogens is 385 g/mol. The van der Waals surface area contributed by atoms with E-state index in [1.54, 1.807) is 31.5 Å². The Kier molecular flexibility index (Phi) is 4.69. The summed E-state index contributed by atoms with van der Waals surface area (Å²) in [6.07, 6.45) is 6.86. The molecule has 8 heteroatoms. The third-order valence-electron chi connectivity index (χ3n) is 6.19. The zero-order chi connectivity index (χ0) is 20.7. The van der Waals surface area contributed by atoms with Crippen molar-refractivity contribution in [1.82, 2.24) is 20.0 Å². The number of hydrogen-bond donors (Lipinski definition) is 1. The van der Waals surface area contributed by atoms with Gasteiger partial charge in [0.25, 0.3) is 0 Å². The van der Waals surface area contributed by atoms with E-state index in [-0.39, 0.29) is 29.8 Å². The molecule has 2 amide bonds. The molecule has 0 aliphatic carbocycles. The highest BCUT2D eigenvalue weighted by atomic mass is 19.1. The van der Waals surface area contributed by atoms with Crippen LogP contribution in [-0.2, 0) is 0 Å². The van der Waals surface area contributed by atoms with Gasteiger partial charge in [-0.1, -0.05) is 11.2 Å². The maximum Gasteiger partial charge on any atom is 0.322 e. The molecule has 2 saturated heterocycles. The first-order valence-electron chi connectivity index (χ1n) is 10.2. The van der Waals surface area contributed by atoms with Crippen LogP contribution in [0.5, 0.6) is 0 Å². The molecule has 4 heterocycles. The van der Waals surface area contributed by atoms with Gasteiger partial charge >= 0.3 is 6.03 Å². The van der Waals surface area contributed by atoms with Crippen molar-refractivity contribution in [1.29, 1.82) is 0 Å². The van der Waals surface area contributed by atoms with Crippen LogP contribution in [0.15, 0.2) is 47.2 Å². The number of anilines is 1. The average molecular weight is 407 g/mol. The fourth-order valence-corrected chi connectivity index (χ4v) is 4.65. The molecule has 154 valence electrons. The number of hydrogen-bond acceptors (Lipinski definition) is 5. The van der Waals surface area contributed by atoms with Crippen molar-refractivity contribution in [2.24, 2.45) is 0 Å². The summed E-state index contributed by atoms with van der Waals surface area (Å²) in [7, 11) is 0. The van der Waals surface area contributed by atoms with E-state index in [4.69, 9.17) is 4.52 Å². The van der Waals surface area contributed by atoms with Crippen molar-refractivity contribution in [2.75, 3.05) is 5.32 Å². The van der Waals surface area contributed by atoms with Gasteiger partial charge in [-0.2, -0.15) is 4.98 Å². The van der Waals surface area contributed by atoms with Gasteiger partial charge < -0.3 is 14.7 Å². The highest BCUT2D eigenvalue weighted by molar-refractivity contribution is 5.91. The summed E-state index contributed by atoms with van der Waals surface area (Å²) in [6.45, 7) is 1.67. The molecular formula is C22H22FN5O2. The molecule has 5 rings (SSSR count). The van der Waals surface area contributed by atoms with E-state index in [0.717, 1.165) is 31.2 Å². The first-order chi connectivity index (χ1) is 14.6. The molecule has 2 bridgehead atoms. The van der Waals surface area contributed by atoms with Crippen LogP contribution >= 0.6 is 0 Å². The molecule has 1 N–H and O–H groups in total. The molecule has 0 radical (unpaired) electrons. The predicted octanol–water partition coefficient (Wildman–Crippen LogP) is 4.52. The molecule has 30 heavy (non-hydrogen) atoms. The van der Waals surface area contributed by atoms with Crippen LogP contribution in [0, 0.1) is 12.7 Å². The van der Waals surface area contributed by atoms with Crippen molar-refractivity contribution >= 4 is 11.7 Å². The molecule has 0 spiro atoms. The van der Waals surface area contributed by atoms with Crippen LogP contribution in [0.2, 0.25) is 0 Å². The SMILES string of the molecule is Cc1c(F)cccc1NC(=O)N1[C@@H]2CC[C@H]1CC(c1nc(-c3cccnc3)no1)C2. The van der Waals surface area contributed by atoms with Crippen molar-refractivity contribution in [3.05, 3.63) is 60.0 Å². The molecule has 7 nitrogen and oxygen atoms in total. The Balaban J connectivity index is 1.30. The Bertz CT molecular complexity index is 1060. The van der Waals surface area contributed by atoms with E-state index in [2.05, 4.69) is 20.4 Å². The average Bonchev–Trinajstić information content (AvgIpc) is 3.35. The second-order valence-corrected chi connectivity index (χ2v) is 8.00. The lowest BCUT2D eigenvalue weighted by Gasteiger charge is -2.37. The Hall–Kier alpha value is -3.29. The smallest absolute Gasteiger partial charge is 0.322 e. The number of piperidine rings is 1. The monoisotopic (exact) mass is 407 g/mol. The van der Waals surface area contributed by atoms with Gasteiger partial charge in [0.1, 0.15) is 5.82 Å². The first kappa shape index (κ1) is 18.7. The number of benzene rings is 1. The number of nitrogens with zero attached hydrogens (tertiary/aromatic N) is 4. The van der Waals surface area contributed by atoms with Gasteiger partial charge in [-0.15, -0.1) is 0 Å². The summed E-state index contributed by atoms with van der Waals surface area (Å²) in [5.74, 6) is 0.953. The van der Waals surface area contributed by atoms with Gasteiger partial charge in [0, 0.05) is 47.2 Å². The number of aromatic nitrogens is 3. The van der Waals surface area contributed by atoms with Crippen LogP contribution in [0.1, 0.15) is 43.1 Å². The summed E-state index contributed by atoms with van der Waals surface area (Å²) < 4.78 is 19.4. The van der Waals surface area contributed by atoms with Crippen molar-refractivity contribution in [3.63, 3.8) is 0 Å². The van der Waals surface area contributed by atoms with Crippen LogP contribution in [0.3, 0.4) is 0 Å². The predicted molar refractivity (Wildman–Crippen MR) is 108 cm³/mol. The maximum atomic E-state index is 13.8. The molecule has 2 aromatic heterocycles. The standard InChI is InChI=1S/C22H22FN5O2/c1-13-18(23)5-2-6-19(13)25-22(29)28-16-7-8-17(28)11-15(10-16)21-26-20(27-30-21)14-4-3-9-24-12-14/h2-6,9,12,15-17H,7-8,10-11H2,1H3,(H,25,29)/t15?,16-,17+. The first-order valence-corrected chi connectivity index (χ1v) is 10.2. The normalized spacial score (nSPS) is 22.9. The molecule has 2 fully saturated rings. The van der Waals surface area contributed by atoms with Gasteiger partial charge in [0.2, 0.25) is 11.7 Å². The summed E-state index contributed by atoms with van der Waals surface area (Å²) in [5.41, 5.74) is 1.78. The molecule has 2 aliphatic rings. The largest absolute Gasteiger partial charge is 0.339 e. The van der Waals surface area contributed by atoms with E-state index in [1.165, 1.54) is 6.07 Å². The van der Waals surface area contributed by atoms with Crippen LogP contribution in [0.4, 0.5) is 14.9 Å². The van der Waals surface area contributed by atoms with Gasteiger partial charge in [-0.05, 0) is 56.9 Å². The molecule has 0 saturated carbocycles. The van der Waals surface area contributed by atoms with E-state index in [0.29, 0.717) is 23.0 Å². The number of amides is 2. The zero-order valence-corrected chi connectivity index (χ0v) is 16.6. The molecule has 1 aromatic carbocycles. The highest BCUT2D eigenvalue weighted by Crippen LogP contribution is 2.43. The summed E-state index contributed by atoms with van der Waals surface area (Å²) >= 11 is 0. The van der Waals surface area contributed by atoms with Crippen molar-refractivity contribution < 1.29 is 13.7 Å². The molecule has 1 unspecified atom stereocenters. The highest BCUT2D eigenvalue weighted by Gasteiger charge is 2.45. The fraction of sp³-hybridized carbons (Fsp3) is 0.364. The second kappa shape index (κ2) is 7.51. The molecule has 3 aromatic rings. The van der Waals surface area contributed by atoms with E-state index in [1.807, 2.05) is 17.0 Å². The number of pyridine rings is 1. The number of urea groups is 1. The van der Waals surface area contributed by atoms with Crippen molar-refractivity contribution in [3.8, 4) is 11.4 Å². The zero-order valence-electron chi connectivity index (χ0n) is 16.6. The summed E-state index contributed by atoms with van der Waals surface area (Å²) in [6, 6.07) is 8.50. The summed E-state index contributed by atoms with van der Waals surface area (Å²) in [5, 5.41) is 7.00.